The molecule has 1 N–H and O–H groups in total. The number of aliphatic hydroxyl groups excluding tert-OH is 1. The van der Waals surface area contributed by atoms with Crippen molar-refractivity contribution in [2.75, 3.05) is 25.1 Å². The second kappa shape index (κ2) is 12.2. The SMILES string of the molecule is COc1ccccc1C(O)C1CCCN(CC2=CN=CCCC2)c2ccc(-c3ccccc3)cc2CC1. The number of fused-ring (bicyclic) bond motifs is 1. The van der Waals surface area contributed by atoms with Crippen molar-refractivity contribution >= 4 is 11.9 Å². The van der Waals surface area contributed by atoms with Gasteiger partial charge in [0.05, 0.1) is 13.2 Å². The van der Waals surface area contributed by atoms with E-state index >= 15 is 0 Å². The number of aliphatic imine (C=N–C) groups is 1. The third-order valence-electron chi connectivity index (χ3n) is 7.81. The summed E-state index contributed by atoms with van der Waals surface area (Å²) in [5.41, 5.74) is 7.46. The van der Waals surface area contributed by atoms with Gasteiger partial charge in [0, 0.05) is 36.8 Å². The van der Waals surface area contributed by atoms with Gasteiger partial charge in [-0.25, -0.2) is 0 Å². The summed E-state index contributed by atoms with van der Waals surface area (Å²) >= 11 is 0. The van der Waals surface area contributed by atoms with Crippen LogP contribution in [0.15, 0.2) is 89.6 Å². The lowest BCUT2D eigenvalue weighted by Crippen LogP contribution is -2.28. The average Bonchev–Trinajstić information content (AvgIpc) is 3.18. The Hall–Kier alpha value is -3.37. The molecule has 3 aromatic carbocycles. The van der Waals surface area contributed by atoms with E-state index in [1.54, 1.807) is 7.11 Å². The van der Waals surface area contributed by atoms with Gasteiger partial charge in [0.1, 0.15) is 5.75 Å². The molecule has 0 bridgehead atoms. The number of aryl methyl sites for hydroxylation is 1. The van der Waals surface area contributed by atoms with E-state index in [1.807, 2.05) is 30.5 Å². The Labute approximate surface area is 221 Å². The highest BCUT2D eigenvalue weighted by Gasteiger charge is 2.26. The molecule has 0 saturated carbocycles. The predicted octanol–water partition coefficient (Wildman–Crippen LogP) is 7.38. The van der Waals surface area contributed by atoms with Crippen molar-refractivity contribution in [3.05, 3.63) is 95.7 Å². The number of nitrogens with zero attached hydrogens (tertiary/aromatic N) is 2. The molecule has 0 saturated heterocycles. The maximum absolute atomic E-state index is 11.5. The Morgan fingerprint density at radius 1 is 0.946 bits per heavy atom. The Bertz CT molecular complexity index is 1230. The van der Waals surface area contributed by atoms with Crippen LogP contribution in [0, 0.1) is 5.92 Å². The average molecular weight is 495 g/mol. The van der Waals surface area contributed by atoms with Crippen molar-refractivity contribution in [3.8, 4) is 16.9 Å². The minimum atomic E-state index is -0.539. The summed E-state index contributed by atoms with van der Waals surface area (Å²) in [4.78, 5) is 7.06. The number of rotatable bonds is 6. The van der Waals surface area contributed by atoms with Gasteiger partial charge >= 0.3 is 0 Å². The van der Waals surface area contributed by atoms with Crippen molar-refractivity contribution < 1.29 is 9.84 Å². The molecule has 2 heterocycles. The van der Waals surface area contributed by atoms with Gasteiger partial charge in [-0.2, -0.15) is 0 Å². The Balaban J connectivity index is 1.46. The molecular weight excluding hydrogens is 456 g/mol. The number of hydrogen-bond acceptors (Lipinski definition) is 4. The van der Waals surface area contributed by atoms with E-state index < -0.39 is 6.10 Å². The van der Waals surface area contributed by atoms with Crippen molar-refractivity contribution in [1.29, 1.82) is 0 Å². The van der Waals surface area contributed by atoms with Crippen molar-refractivity contribution in [1.82, 2.24) is 0 Å². The number of methoxy groups -OCH3 is 1. The molecule has 0 radical (unpaired) electrons. The molecule has 37 heavy (non-hydrogen) atoms. The first-order chi connectivity index (χ1) is 18.2. The molecule has 192 valence electrons. The molecule has 0 aliphatic carbocycles. The lowest BCUT2D eigenvalue weighted by atomic mass is 9.86. The van der Waals surface area contributed by atoms with Crippen LogP contribution in [0.4, 0.5) is 5.69 Å². The quantitative estimate of drug-likeness (QED) is 0.389. The van der Waals surface area contributed by atoms with Crippen LogP contribution in [-0.4, -0.2) is 31.5 Å². The van der Waals surface area contributed by atoms with Crippen molar-refractivity contribution in [2.45, 2.75) is 51.0 Å². The highest BCUT2D eigenvalue weighted by atomic mass is 16.5. The molecule has 0 aromatic heterocycles. The van der Waals surface area contributed by atoms with Gasteiger partial charge in [-0.3, -0.25) is 4.99 Å². The molecular formula is C33H38N2O2. The summed E-state index contributed by atoms with van der Waals surface area (Å²) in [6.07, 6.45) is 10.8. The fourth-order valence-electron chi connectivity index (χ4n) is 5.78. The Kier molecular flexibility index (Phi) is 8.37. The number of benzene rings is 3. The maximum atomic E-state index is 11.5. The van der Waals surface area contributed by atoms with Gasteiger partial charge in [0.15, 0.2) is 0 Å². The fraction of sp³-hybridized carbons (Fsp3) is 0.364. The zero-order valence-electron chi connectivity index (χ0n) is 21.9. The first kappa shape index (κ1) is 25.3. The van der Waals surface area contributed by atoms with E-state index in [0.29, 0.717) is 0 Å². The standard InChI is InChI=1S/C33H38N2O2/c1-37-32-15-6-5-14-30(32)33(36)27-13-9-21-35(24-25-10-7-8-20-34-23-25)31-19-18-28(22-29(31)17-16-27)26-11-3-2-4-12-26/h2-6,11-12,14-15,18-20,22-23,27,33,36H,7-10,13,16-17,21,24H2,1H3. The summed E-state index contributed by atoms with van der Waals surface area (Å²) in [5, 5.41) is 11.5. The molecule has 2 unspecified atom stereocenters. The molecule has 0 fully saturated rings. The van der Waals surface area contributed by atoms with E-state index in [-0.39, 0.29) is 5.92 Å². The molecule has 4 heteroatoms. The highest BCUT2D eigenvalue weighted by Crippen LogP contribution is 2.38. The molecule has 2 atom stereocenters. The van der Waals surface area contributed by atoms with Crippen LogP contribution in [0.25, 0.3) is 11.1 Å². The number of hydrogen-bond donors (Lipinski definition) is 1. The molecule has 2 aliphatic heterocycles. The number of anilines is 1. The summed E-state index contributed by atoms with van der Waals surface area (Å²) in [6.45, 7) is 1.88. The van der Waals surface area contributed by atoms with Crippen LogP contribution in [0.2, 0.25) is 0 Å². The van der Waals surface area contributed by atoms with Crippen LogP contribution < -0.4 is 9.64 Å². The van der Waals surface area contributed by atoms with Crippen LogP contribution in [-0.2, 0) is 6.42 Å². The normalized spacial score (nSPS) is 19.0. The second-order valence-electron chi connectivity index (χ2n) is 10.3. The number of para-hydroxylation sites is 1. The van der Waals surface area contributed by atoms with Crippen LogP contribution in [0.5, 0.6) is 5.75 Å². The Morgan fingerprint density at radius 3 is 2.65 bits per heavy atom. The zero-order chi connectivity index (χ0) is 25.5. The minimum absolute atomic E-state index is 0.172. The van der Waals surface area contributed by atoms with Crippen molar-refractivity contribution in [2.24, 2.45) is 10.9 Å². The van der Waals surface area contributed by atoms with Crippen LogP contribution in [0.3, 0.4) is 0 Å². The molecule has 4 nitrogen and oxygen atoms in total. The zero-order valence-corrected chi connectivity index (χ0v) is 21.9. The monoisotopic (exact) mass is 494 g/mol. The molecule has 0 amide bonds. The summed E-state index contributed by atoms with van der Waals surface area (Å²) in [7, 11) is 1.68. The predicted molar refractivity (Wildman–Crippen MR) is 154 cm³/mol. The summed E-state index contributed by atoms with van der Waals surface area (Å²) in [5.74, 6) is 0.940. The largest absolute Gasteiger partial charge is 0.496 e. The highest BCUT2D eigenvalue weighted by molar-refractivity contribution is 5.69. The van der Waals surface area contributed by atoms with Crippen LogP contribution in [0.1, 0.15) is 55.8 Å². The lowest BCUT2D eigenvalue weighted by molar-refractivity contribution is 0.0943. The lowest BCUT2D eigenvalue weighted by Gasteiger charge is -2.28. The van der Waals surface area contributed by atoms with E-state index in [9.17, 15) is 5.11 Å². The van der Waals surface area contributed by atoms with E-state index in [1.165, 1.54) is 28.0 Å². The first-order valence-corrected chi connectivity index (χ1v) is 13.7. The third-order valence-corrected chi connectivity index (χ3v) is 7.81. The van der Waals surface area contributed by atoms with Crippen LogP contribution >= 0.6 is 0 Å². The van der Waals surface area contributed by atoms with Gasteiger partial charge in [-0.15, -0.1) is 0 Å². The fourth-order valence-corrected chi connectivity index (χ4v) is 5.78. The minimum Gasteiger partial charge on any atom is -0.496 e. The molecule has 2 aliphatic rings. The second-order valence-corrected chi connectivity index (χ2v) is 10.3. The molecule has 3 aromatic rings. The topological polar surface area (TPSA) is 45.1 Å². The van der Waals surface area contributed by atoms with Gasteiger partial charge in [0.25, 0.3) is 0 Å². The van der Waals surface area contributed by atoms with E-state index in [0.717, 1.165) is 69.3 Å². The van der Waals surface area contributed by atoms with Gasteiger partial charge in [-0.05, 0) is 91.3 Å². The summed E-state index contributed by atoms with van der Waals surface area (Å²) < 4.78 is 5.58. The first-order valence-electron chi connectivity index (χ1n) is 13.7. The van der Waals surface area contributed by atoms with E-state index in [4.69, 9.17) is 4.74 Å². The molecule has 5 rings (SSSR count). The maximum Gasteiger partial charge on any atom is 0.124 e. The van der Waals surface area contributed by atoms with E-state index in [2.05, 4.69) is 64.6 Å². The van der Waals surface area contributed by atoms with Gasteiger partial charge < -0.3 is 14.7 Å². The smallest absolute Gasteiger partial charge is 0.124 e. The van der Waals surface area contributed by atoms with Crippen molar-refractivity contribution in [3.63, 3.8) is 0 Å². The number of aliphatic hydroxyl groups is 1. The summed E-state index contributed by atoms with van der Waals surface area (Å²) in [6, 6.07) is 25.5. The number of ether oxygens (including phenoxy) is 1. The van der Waals surface area contributed by atoms with Gasteiger partial charge in [-0.1, -0.05) is 54.6 Å². The van der Waals surface area contributed by atoms with Gasteiger partial charge in [0.2, 0.25) is 0 Å². The Morgan fingerprint density at radius 2 is 1.78 bits per heavy atom. The molecule has 0 spiro atoms. The third kappa shape index (κ3) is 6.14.